The largest absolute Gasteiger partial charge is 0.480 e. The summed E-state index contributed by atoms with van der Waals surface area (Å²) in [5.41, 5.74) is 2.44. The summed E-state index contributed by atoms with van der Waals surface area (Å²) >= 11 is 13.0. The van der Waals surface area contributed by atoms with Crippen molar-refractivity contribution in [2.24, 2.45) is 0 Å². The first kappa shape index (κ1) is 27.9. The zero-order valence-electron chi connectivity index (χ0n) is 20.5. The van der Waals surface area contributed by atoms with E-state index in [2.05, 4.69) is 5.32 Å². The summed E-state index contributed by atoms with van der Waals surface area (Å²) < 4.78 is 28.0. The number of carboxylic acids is 1. The fraction of sp³-hybridized carbons (Fsp3) is 0.346. The van der Waals surface area contributed by atoms with Crippen molar-refractivity contribution in [3.63, 3.8) is 0 Å². The molecule has 12 heteroatoms. The first-order chi connectivity index (χ1) is 17.9. The quantitative estimate of drug-likeness (QED) is 0.359. The molecule has 2 N–H and O–H groups in total. The summed E-state index contributed by atoms with van der Waals surface area (Å²) in [5.74, 6) is -2.22. The number of benzene rings is 2. The maximum Gasteiger partial charge on any atom is 0.326 e. The second-order valence-electron chi connectivity index (χ2n) is 9.32. The molecule has 2 heterocycles. The van der Waals surface area contributed by atoms with E-state index >= 15 is 0 Å². The van der Waals surface area contributed by atoms with E-state index in [1.807, 2.05) is 12.1 Å². The lowest BCUT2D eigenvalue weighted by molar-refractivity contribution is -0.139. The lowest BCUT2D eigenvalue weighted by atomic mass is 9.95. The number of carbonyl (C=O) groups is 3. The van der Waals surface area contributed by atoms with Crippen LogP contribution in [0.15, 0.2) is 41.0 Å². The first-order valence-electron chi connectivity index (χ1n) is 11.9. The average Bonchev–Trinajstić information content (AvgIpc) is 3.32. The Balaban J connectivity index is 1.47. The maximum atomic E-state index is 13.1. The molecule has 0 saturated heterocycles. The standard InChI is InChI=1S/C26H26Cl2N2O7S/c1-38(35,36)11-3-2-4-20(26(33)34)29-24(31)22-19(27)12-17-14-30(9-7-18(17)23(22)28)25(32)16-6-5-15-8-10-37-21(15)13-16/h5-6,8,10,12-13,20H,2-4,7,9,11,14H2,1H3,(H,29,31)(H,33,34)/t20-/m0/s1. The van der Waals surface area contributed by atoms with Gasteiger partial charge >= 0.3 is 5.97 Å². The summed E-state index contributed by atoms with van der Waals surface area (Å²) in [4.78, 5) is 39.5. The molecule has 4 rings (SSSR count). The molecular weight excluding hydrogens is 555 g/mol. The summed E-state index contributed by atoms with van der Waals surface area (Å²) in [6.07, 6.45) is 3.69. The second-order valence-corrected chi connectivity index (χ2v) is 12.4. The number of amides is 2. The Morgan fingerprint density at radius 1 is 1.16 bits per heavy atom. The van der Waals surface area contributed by atoms with Crippen LogP contribution in [0.1, 0.15) is 51.1 Å². The fourth-order valence-corrected chi connectivity index (χ4v) is 6.00. The van der Waals surface area contributed by atoms with Gasteiger partial charge in [0.15, 0.2) is 0 Å². The maximum absolute atomic E-state index is 13.1. The van der Waals surface area contributed by atoms with E-state index in [1.165, 1.54) is 0 Å². The number of furan rings is 1. The molecule has 0 radical (unpaired) electrons. The Labute approximate surface area is 229 Å². The number of unbranched alkanes of at least 4 members (excludes halogenated alkanes) is 1. The van der Waals surface area contributed by atoms with Crippen LogP contribution >= 0.6 is 23.2 Å². The van der Waals surface area contributed by atoms with Crippen molar-refractivity contribution in [2.75, 3.05) is 18.6 Å². The molecule has 1 atom stereocenters. The van der Waals surface area contributed by atoms with Crippen molar-refractivity contribution in [1.29, 1.82) is 0 Å². The van der Waals surface area contributed by atoms with Gasteiger partial charge in [0, 0.05) is 36.0 Å². The molecule has 1 aromatic heterocycles. The Morgan fingerprint density at radius 3 is 2.63 bits per heavy atom. The molecule has 0 spiro atoms. The van der Waals surface area contributed by atoms with Crippen LogP contribution in [-0.4, -0.2) is 60.8 Å². The number of halogens is 2. The van der Waals surface area contributed by atoms with E-state index in [0.717, 1.165) is 11.6 Å². The summed E-state index contributed by atoms with van der Waals surface area (Å²) in [6.45, 7) is 0.603. The zero-order valence-corrected chi connectivity index (χ0v) is 22.8. The van der Waals surface area contributed by atoms with E-state index in [-0.39, 0.29) is 46.7 Å². The highest BCUT2D eigenvalue weighted by atomic mass is 35.5. The van der Waals surface area contributed by atoms with Gasteiger partial charge in [0.05, 0.1) is 21.9 Å². The highest BCUT2D eigenvalue weighted by Crippen LogP contribution is 2.35. The fourth-order valence-electron chi connectivity index (χ4n) is 4.50. The van der Waals surface area contributed by atoms with E-state index in [1.54, 1.807) is 29.4 Å². The zero-order chi connectivity index (χ0) is 27.6. The van der Waals surface area contributed by atoms with E-state index in [9.17, 15) is 27.9 Å². The molecule has 2 aromatic carbocycles. The Kier molecular flexibility index (Phi) is 8.34. The predicted molar refractivity (Wildman–Crippen MR) is 144 cm³/mol. The molecule has 1 aliphatic rings. The Morgan fingerprint density at radius 2 is 1.92 bits per heavy atom. The highest BCUT2D eigenvalue weighted by Gasteiger charge is 2.29. The SMILES string of the molecule is CS(=O)(=O)CCCC[C@H](NC(=O)c1c(Cl)cc2c(c1Cl)CCN(C(=O)c1ccc3ccoc3c1)C2)C(=O)O. The lowest BCUT2D eigenvalue weighted by Gasteiger charge is -2.30. The summed E-state index contributed by atoms with van der Waals surface area (Å²) in [5, 5.41) is 13.0. The van der Waals surface area contributed by atoms with Crippen LogP contribution in [0, 0.1) is 0 Å². The molecule has 1 aliphatic heterocycles. The summed E-state index contributed by atoms with van der Waals surface area (Å²) in [7, 11) is -3.16. The third-order valence-electron chi connectivity index (χ3n) is 6.48. The molecule has 0 aliphatic carbocycles. The average molecular weight is 581 g/mol. The van der Waals surface area contributed by atoms with Gasteiger partial charge in [-0.05, 0) is 61.1 Å². The van der Waals surface area contributed by atoms with Crippen LogP contribution in [0.4, 0.5) is 0 Å². The predicted octanol–water partition coefficient (Wildman–Crippen LogP) is 4.34. The topological polar surface area (TPSA) is 134 Å². The van der Waals surface area contributed by atoms with E-state index < -0.39 is 27.8 Å². The number of aliphatic carboxylic acids is 1. The molecule has 9 nitrogen and oxygen atoms in total. The van der Waals surface area contributed by atoms with Crippen molar-refractivity contribution in [3.05, 3.63) is 68.9 Å². The molecule has 0 saturated carbocycles. The van der Waals surface area contributed by atoms with Crippen LogP contribution in [0.2, 0.25) is 10.0 Å². The molecule has 38 heavy (non-hydrogen) atoms. The van der Waals surface area contributed by atoms with Gasteiger partial charge in [0.1, 0.15) is 21.5 Å². The van der Waals surface area contributed by atoms with Gasteiger partial charge in [-0.15, -0.1) is 0 Å². The molecule has 2 amide bonds. The van der Waals surface area contributed by atoms with Crippen molar-refractivity contribution < 1.29 is 32.3 Å². The third-order valence-corrected chi connectivity index (χ3v) is 8.23. The van der Waals surface area contributed by atoms with Gasteiger partial charge in [0.2, 0.25) is 0 Å². The minimum atomic E-state index is -3.16. The number of hydrogen-bond donors (Lipinski definition) is 2. The van der Waals surface area contributed by atoms with Crippen LogP contribution in [-0.2, 0) is 27.6 Å². The van der Waals surface area contributed by atoms with Gasteiger partial charge in [-0.2, -0.15) is 0 Å². The highest BCUT2D eigenvalue weighted by molar-refractivity contribution is 7.90. The number of nitrogens with one attached hydrogen (secondary N) is 1. The number of hydrogen-bond acceptors (Lipinski definition) is 6. The van der Waals surface area contributed by atoms with Gasteiger partial charge in [0.25, 0.3) is 11.8 Å². The van der Waals surface area contributed by atoms with Crippen molar-refractivity contribution in [1.82, 2.24) is 10.2 Å². The van der Waals surface area contributed by atoms with Crippen LogP contribution in [0.3, 0.4) is 0 Å². The molecule has 202 valence electrons. The molecule has 0 fully saturated rings. The van der Waals surface area contributed by atoms with Gasteiger partial charge in [-0.25, -0.2) is 13.2 Å². The third kappa shape index (κ3) is 6.31. The summed E-state index contributed by atoms with van der Waals surface area (Å²) in [6, 6.07) is 7.41. The Bertz CT molecular complexity index is 1520. The molecule has 0 bridgehead atoms. The van der Waals surface area contributed by atoms with Gasteiger partial charge < -0.3 is 19.7 Å². The van der Waals surface area contributed by atoms with E-state index in [4.69, 9.17) is 27.6 Å². The molecule has 3 aromatic rings. The van der Waals surface area contributed by atoms with Crippen LogP contribution in [0.25, 0.3) is 11.0 Å². The van der Waals surface area contributed by atoms with Crippen molar-refractivity contribution in [3.8, 4) is 0 Å². The second kappa shape index (κ2) is 11.3. The smallest absolute Gasteiger partial charge is 0.326 e. The minimum Gasteiger partial charge on any atom is -0.480 e. The number of sulfone groups is 1. The number of carboxylic acid groups (broad SMARTS) is 1. The van der Waals surface area contributed by atoms with Gasteiger partial charge in [-0.3, -0.25) is 9.59 Å². The molecular formula is C26H26Cl2N2O7S. The van der Waals surface area contributed by atoms with Gasteiger partial charge in [-0.1, -0.05) is 29.3 Å². The first-order valence-corrected chi connectivity index (χ1v) is 14.7. The Hall–Kier alpha value is -3.08. The van der Waals surface area contributed by atoms with Crippen molar-refractivity contribution in [2.45, 2.75) is 38.3 Å². The minimum absolute atomic E-state index is 0.0301. The number of rotatable bonds is 9. The van der Waals surface area contributed by atoms with Crippen LogP contribution in [0.5, 0.6) is 0 Å². The number of carbonyl (C=O) groups excluding carboxylic acids is 2. The normalized spacial score (nSPS) is 14.2. The lowest BCUT2D eigenvalue weighted by Crippen LogP contribution is -2.41. The molecule has 0 unspecified atom stereocenters. The number of fused-ring (bicyclic) bond motifs is 2. The van der Waals surface area contributed by atoms with Crippen LogP contribution < -0.4 is 5.32 Å². The van der Waals surface area contributed by atoms with Crippen molar-refractivity contribution >= 4 is 61.8 Å². The monoisotopic (exact) mass is 580 g/mol. The van der Waals surface area contributed by atoms with E-state index in [0.29, 0.717) is 41.7 Å². The number of nitrogens with zero attached hydrogens (tertiary/aromatic N) is 1.